The SMILES string of the molecule is COC(=O)C(C)Oc1cccc(Cn2c(C)nc3cc(C(=O)N[C@@H](C)c4cccc(C(C)C)c4)ccc32)c1. The fourth-order valence-corrected chi connectivity index (χ4v) is 4.46. The van der Waals surface area contributed by atoms with E-state index in [2.05, 4.69) is 35.9 Å². The number of carbonyl (C=O) groups is 2. The number of amides is 1. The number of imidazole rings is 1. The van der Waals surface area contributed by atoms with Crippen molar-refractivity contribution < 1.29 is 19.1 Å². The van der Waals surface area contributed by atoms with Gasteiger partial charge in [-0.2, -0.15) is 0 Å². The standard InChI is InChI=1S/C31H35N3O4/c1-19(2)24-10-8-11-25(16-24)20(3)32-30(35)26-13-14-29-28(17-26)33-22(5)34(29)18-23-9-7-12-27(15-23)38-21(4)31(36)37-6/h7-17,19-21H,18H2,1-6H3,(H,32,35)/t20-,21?/m0/s1. The Hall–Kier alpha value is -4.13. The van der Waals surface area contributed by atoms with Gasteiger partial charge < -0.3 is 19.4 Å². The largest absolute Gasteiger partial charge is 0.479 e. The van der Waals surface area contributed by atoms with Gasteiger partial charge in [-0.1, -0.05) is 50.2 Å². The van der Waals surface area contributed by atoms with E-state index in [0.717, 1.165) is 28.0 Å². The predicted molar refractivity (Wildman–Crippen MR) is 149 cm³/mol. The highest BCUT2D eigenvalue weighted by Crippen LogP contribution is 2.23. The summed E-state index contributed by atoms with van der Waals surface area (Å²) < 4.78 is 12.6. The van der Waals surface area contributed by atoms with Crippen molar-refractivity contribution in [2.24, 2.45) is 0 Å². The van der Waals surface area contributed by atoms with Crippen LogP contribution in [0.4, 0.5) is 0 Å². The van der Waals surface area contributed by atoms with E-state index < -0.39 is 12.1 Å². The lowest BCUT2D eigenvalue weighted by atomic mass is 9.98. The van der Waals surface area contributed by atoms with Gasteiger partial charge in [0.05, 0.1) is 24.2 Å². The topological polar surface area (TPSA) is 82.5 Å². The van der Waals surface area contributed by atoms with Crippen LogP contribution in [0.25, 0.3) is 11.0 Å². The van der Waals surface area contributed by atoms with Gasteiger partial charge in [-0.25, -0.2) is 9.78 Å². The molecule has 0 saturated heterocycles. The fraction of sp³-hybridized carbons (Fsp3) is 0.323. The van der Waals surface area contributed by atoms with E-state index in [0.29, 0.717) is 23.8 Å². The molecule has 1 amide bonds. The van der Waals surface area contributed by atoms with Crippen molar-refractivity contribution in [3.63, 3.8) is 0 Å². The molecule has 0 bridgehead atoms. The molecule has 1 heterocycles. The van der Waals surface area contributed by atoms with E-state index in [-0.39, 0.29) is 11.9 Å². The second-order valence-corrected chi connectivity index (χ2v) is 9.90. The fourth-order valence-electron chi connectivity index (χ4n) is 4.46. The molecule has 0 aliphatic heterocycles. The highest BCUT2D eigenvalue weighted by atomic mass is 16.6. The Labute approximate surface area is 223 Å². The Morgan fingerprint density at radius 1 is 0.947 bits per heavy atom. The van der Waals surface area contributed by atoms with Crippen molar-refractivity contribution in [2.45, 2.75) is 59.2 Å². The van der Waals surface area contributed by atoms with Crippen molar-refractivity contribution in [3.8, 4) is 5.75 Å². The van der Waals surface area contributed by atoms with Gasteiger partial charge in [-0.05, 0) is 73.7 Å². The third-order valence-corrected chi connectivity index (χ3v) is 6.71. The number of aromatic nitrogens is 2. The summed E-state index contributed by atoms with van der Waals surface area (Å²) in [5.41, 5.74) is 5.60. The van der Waals surface area contributed by atoms with Crippen LogP contribution in [-0.2, 0) is 16.1 Å². The molecule has 0 radical (unpaired) electrons. The molecule has 0 aliphatic carbocycles. The molecular weight excluding hydrogens is 478 g/mol. The molecule has 0 fully saturated rings. The Morgan fingerprint density at radius 2 is 1.68 bits per heavy atom. The van der Waals surface area contributed by atoms with Crippen molar-refractivity contribution in [1.29, 1.82) is 0 Å². The van der Waals surface area contributed by atoms with Gasteiger partial charge in [0, 0.05) is 12.1 Å². The van der Waals surface area contributed by atoms with E-state index in [4.69, 9.17) is 14.5 Å². The minimum atomic E-state index is -0.697. The smallest absolute Gasteiger partial charge is 0.346 e. The van der Waals surface area contributed by atoms with Crippen LogP contribution in [0, 0.1) is 6.92 Å². The average molecular weight is 514 g/mol. The van der Waals surface area contributed by atoms with E-state index in [1.54, 1.807) is 6.92 Å². The van der Waals surface area contributed by atoms with Crippen molar-refractivity contribution in [1.82, 2.24) is 14.9 Å². The number of aryl methyl sites for hydroxylation is 1. The molecule has 2 atom stereocenters. The van der Waals surface area contributed by atoms with Crippen LogP contribution in [0.5, 0.6) is 5.75 Å². The number of rotatable bonds is 9. The number of carbonyl (C=O) groups excluding carboxylic acids is 2. The summed E-state index contributed by atoms with van der Waals surface area (Å²) in [5, 5.41) is 3.12. The van der Waals surface area contributed by atoms with Crippen LogP contribution >= 0.6 is 0 Å². The van der Waals surface area contributed by atoms with E-state index in [9.17, 15) is 9.59 Å². The predicted octanol–water partition coefficient (Wildman–Crippen LogP) is 5.95. The van der Waals surface area contributed by atoms with Crippen LogP contribution in [0.3, 0.4) is 0 Å². The van der Waals surface area contributed by atoms with Gasteiger partial charge in [0.25, 0.3) is 5.91 Å². The van der Waals surface area contributed by atoms with Gasteiger partial charge in [0.1, 0.15) is 11.6 Å². The number of fused-ring (bicyclic) bond motifs is 1. The lowest BCUT2D eigenvalue weighted by molar-refractivity contribution is -0.147. The molecule has 1 aromatic heterocycles. The van der Waals surface area contributed by atoms with Gasteiger partial charge in [-0.15, -0.1) is 0 Å². The number of hydrogen-bond acceptors (Lipinski definition) is 5. The summed E-state index contributed by atoms with van der Waals surface area (Å²) in [5.74, 6) is 1.30. The monoisotopic (exact) mass is 513 g/mol. The van der Waals surface area contributed by atoms with Gasteiger partial charge in [0.2, 0.25) is 0 Å². The maximum absolute atomic E-state index is 13.1. The molecule has 38 heavy (non-hydrogen) atoms. The Kier molecular flexibility index (Phi) is 8.15. The van der Waals surface area contributed by atoms with Crippen LogP contribution in [-0.4, -0.2) is 34.6 Å². The first-order chi connectivity index (χ1) is 18.2. The highest BCUT2D eigenvalue weighted by molar-refractivity contribution is 5.97. The molecule has 1 N–H and O–H groups in total. The number of benzene rings is 3. The quantitative estimate of drug-likeness (QED) is 0.280. The Bertz CT molecular complexity index is 1460. The zero-order chi connectivity index (χ0) is 27.4. The molecule has 0 aliphatic rings. The minimum absolute atomic E-state index is 0.118. The first kappa shape index (κ1) is 26.9. The lowest BCUT2D eigenvalue weighted by Gasteiger charge is -2.16. The summed E-state index contributed by atoms with van der Waals surface area (Å²) in [6.07, 6.45) is -0.697. The molecule has 0 saturated carbocycles. The molecule has 0 spiro atoms. The van der Waals surface area contributed by atoms with Gasteiger partial charge in [-0.3, -0.25) is 4.79 Å². The molecular formula is C31H35N3O4. The number of ether oxygens (including phenoxy) is 2. The second-order valence-electron chi connectivity index (χ2n) is 9.90. The van der Waals surface area contributed by atoms with Crippen LogP contribution in [0.15, 0.2) is 66.7 Å². The molecule has 3 aromatic carbocycles. The second kappa shape index (κ2) is 11.5. The van der Waals surface area contributed by atoms with E-state index in [1.165, 1.54) is 12.7 Å². The summed E-state index contributed by atoms with van der Waals surface area (Å²) >= 11 is 0. The van der Waals surface area contributed by atoms with E-state index >= 15 is 0 Å². The van der Waals surface area contributed by atoms with Gasteiger partial charge >= 0.3 is 5.97 Å². The summed E-state index contributed by atoms with van der Waals surface area (Å²) in [4.78, 5) is 29.5. The molecule has 1 unspecified atom stereocenters. The third-order valence-electron chi connectivity index (χ3n) is 6.71. The molecule has 4 rings (SSSR count). The first-order valence-corrected chi connectivity index (χ1v) is 12.9. The zero-order valence-corrected chi connectivity index (χ0v) is 22.8. The van der Waals surface area contributed by atoms with Crippen LogP contribution in [0.2, 0.25) is 0 Å². The zero-order valence-electron chi connectivity index (χ0n) is 22.8. The van der Waals surface area contributed by atoms with Crippen LogP contribution in [0.1, 0.15) is 72.5 Å². The summed E-state index contributed by atoms with van der Waals surface area (Å²) in [6, 6.07) is 21.4. The lowest BCUT2D eigenvalue weighted by Crippen LogP contribution is -2.26. The normalized spacial score (nSPS) is 12.8. The number of methoxy groups -OCH3 is 1. The summed E-state index contributed by atoms with van der Waals surface area (Å²) in [7, 11) is 1.34. The molecule has 7 heteroatoms. The maximum atomic E-state index is 13.1. The number of nitrogens with one attached hydrogen (secondary N) is 1. The van der Waals surface area contributed by atoms with Crippen molar-refractivity contribution >= 4 is 22.9 Å². The Morgan fingerprint density at radius 3 is 2.42 bits per heavy atom. The minimum Gasteiger partial charge on any atom is -0.479 e. The number of hydrogen-bond donors (Lipinski definition) is 1. The number of esters is 1. The maximum Gasteiger partial charge on any atom is 0.346 e. The molecule has 4 aromatic rings. The molecule has 7 nitrogen and oxygen atoms in total. The van der Waals surface area contributed by atoms with Crippen molar-refractivity contribution in [2.75, 3.05) is 7.11 Å². The third kappa shape index (κ3) is 6.05. The summed E-state index contributed by atoms with van der Waals surface area (Å²) in [6.45, 7) is 10.5. The first-order valence-electron chi connectivity index (χ1n) is 12.9. The molecule has 198 valence electrons. The van der Waals surface area contributed by atoms with Crippen LogP contribution < -0.4 is 10.1 Å². The average Bonchev–Trinajstić information content (AvgIpc) is 3.22. The number of nitrogens with zero attached hydrogens (tertiary/aromatic N) is 2. The van der Waals surface area contributed by atoms with Gasteiger partial charge in [0.15, 0.2) is 6.10 Å². The Balaban J connectivity index is 1.50. The highest BCUT2D eigenvalue weighted by Gasteiger charge is 2.17. The van der Waals surface area contributed by atoms with E-state index in [1.807, 2.05) is 68.4 Å². The van der Waals surface area contributed by atoms with Crippen molar-refractivity contribution in [3.05, 3.63) is 94.8 Å².